The van der Waals surface area contributed by atoms with Crippen molar-refractivity contribution in [3.63, 3.8) is 0 Å². The van der Waals surface area contributed by atoms with Gasteiger partial charge in [-0.25, -0.2) is 0 Å². The number of hydrogen-bond acceptors (Lipinski definition) is 6. The van der Waals surface area contributed by atoms with Gasteiger partial charge in [-0.1, -0.05) is 176 Å². The lowest BCUT2D eigenvalue weighted by atomic mass is 9.30. The number of ether oxygens (including phenoxy) is 2. The summed E-state index contributed by atoms with van der Waals surface area (Å²) in [6, 6.07) is 70.8. The summed E-state index contributed by atoms with van der Waals surface area (Å²) in [5.41, 5.74) is 28.8. The number of hydrogen-bond donors (Lipinski definition) is 0. The van der Waals surface area contributed by atoms with Crippen LogP contribution < -0.4 is 57.0 Å². The van der Waals surface area contributed by atoms with E-state index in [0.29, 0.717) is 0 Å². The number of aryl methyl sites for hydroxylation is 6. The number of anilines is 9. The van der Waals surface area contributed by atoms with Crippen molar-refractivity contribution in [3.05, 3.63) is 233 Å². The second-order valence-corrected chi connectivity index (χ2v) is 28.4. The van der Waals surface area contributed by atoms with Gasteiger partial charge in [0.05, 0.1) is 0 Å². The predicted octanol–water partition coefficient (Wildman–Crippen LogP) is 18.6. The smallest absolute Gasteiger partial charge is 0.252 e. The Kier molecular flexibility index (Phi) is 14.6. The fraction of sp³-hybridized carbons (Fsp3) is 0.250. The monoisotopic (exact) mass is 1170 g/mol. The van der Waals surface area contributed by atoms with E-state index in [1.807, 2.05) is 11.8 Å². The minimum atomic E-state index is -0.205. The first-order valence-corrected chi connectivity index (χ1v) is 32.9. The van der Waals surface area contributed by atoms with Crippen LogP contribution in [0.4, 0.5) is 51.2 Å². The quantitative estimate of drug-likeness (QED) is 0.107. The number of nitrogens with zero attached hydrogens (tertiary/aromatic N) is 3. The highest BCUT2D eigenvalue weighted by Crippen LogP contribution is 2.51. The number of rotatable bonds is 13. The van der Waals surface area contributed by atoms with E-state index in [4.69, 9.17) is 9.47 Å². The molecule has 0 unspecified atom stereocenters. The molecule has 0 saturated carbocycles. The summed E-state index contributed by atoms with van der Waals surface area (Å²) >= 11 is 1.90. The molecule has 0 fully saturated rings. The maximum Gasteiger partial charge on any atom is 0.252 e. The van der Waals surface area contributed by atoms with Crippen molar-refractivity contribution in [1.29, 1.82) is 0 Å². The summed E-state index contributed by atoms with van der Waals surface area (Å²) in [7, 11) is 0. The van der Waals surface area contributed by atoms with E-state index in [-0.39, 0.29) is 24.3 Å². The van der Waals surface area contributed by atoms with E-state index in [0.717, 1.165) is 78.6 Å². The summed E-state index contributed by atoms with van der Waals surface area (Å²) in [5.74, 6) is 3.23. The maximum absolute atomic E-state index is 7.10. The Bertz CT molecular complexity index is 4380. The standard InChI is InChI=1S/C80H79B2N3O2S/c1-13-15-26-54-34-50(3)37-58(42-54)84-69-41-53(6)39-64(80(10,11)12)76(69)81-65-48-66-73(49-67(65)83(57-28-20-17-21-29-57)70-44-62(45-71(84)77(70)81)86-60-30-22-18-23-31-60)88-74-47-63(87-61-32-24-19-25-33-61)46-72-78(74)82(66)75-55(27-16-14-2)35-51(4)40-68(75)85(72)59-38-52(5)36-56(43-59)79(7,8)9/h17-25,28-49H,13-16,26-27H2,1-12H3. The number of para-hydroxylation sites is 3. The fourth-order valence-corrected chi connectivity index (χ4v) is 15.8. The number of fused-ring (bicyclic) bond motifs is 8. The molecule has 438 valence electrons. The molecule has 88 heavy (non-hydrogen) atoms. The summed E-state index contributed by atoms with van der Waals surface area (Å²) in [6.45, 7) is 27.8. The zero-order valence-corrected chi connectivity index (χ0v) is 54.2. The summed E-state index contributed by atoms with van der Waals surface area (Å²) in [4.78, 5) is 10.2. The van der Waals surface area contributed by atoms with Crippen LogP contribution in [0.3, 0.4) is 0 Å². The average molecular weight is 1170 g/mol. The third kappa shape index (κ3) is 10.2. The van der Waals surface area contributed by atoms with Crippen LogP contribution in [0.25, 0.3) is 0 Å². The lowest BCUT2D eigenvalue weighted by molar-refractivity contribution is 0.481. The Morgan fingerprint density at radius 2 is 0.898 bits per heavy atom. The van der Waals surface area contributed by atoms with Crippen LogP contribution in [0.2, 0.25) is 0 Å². The van der Waals surface area contributed by atoms with Crippen molar-refractivity contribution in [1.82, 2.24) is 0 Å². The molecule has 10 aromatic carbocycles. The highest BCUT2D eigenvalue weighted by Gasteiger charge is 2.49. The van der Waals surface area contributed by atoms with Crippen molar-refractivity contribution >= 4 is 109 Å². The van der Waals surface area contributed by atoms with Crippen LogP contribution in [0.1, 0.15) is 126 Å². The highest BCUT2D eigenvalue weighted by atomic mass is 32.2. The molecule has 0 N–H and O–H groups in total. The Balaban J connectivity index is 1.10. The van der Waals surface area contributed by atoms with Crippen molar-refractivity contribution in [3.8, 4) is 23.0 Å². The number of unbranched alkanes of at least 4 members (excludes halogenated alkanes) is 2. The zero-order valence-electron chi connectivity index (χ0n) is 53.4. The second-order valence-electron chi connectivity index (χ2n) is 27.4. The van der Waals surface area contributed by atoms with Gasteiger partial charge in [0.2, 0.25) is 6.71 Å². The molecule has 8 heteroatoms. The molecule has 0 amide bonds. The topological polar surface area (TPSA) is 28.2 Å². The number of benzene rings is 10. The molecule has 14 rings (SSSR count). The van der Waals surface area contributed by atoms with Crippen LogP contribution in [-0.2, 0) is 23.7 Å². The second kappa shape index (κ2) is 22.4. The maximum atomic E-state index is 7.10. The van der Waals surface area contributed by atoms with E-state index >= 15 is 0 Å². The average Bonchev–Trinajstić information content (AvgIpc) is 0.712. The van der Waals surface area contributed by atoms with Crippen molar-refractivity contribution in [2.75, 3.05) is 14.7 Å². The Morgan fingerprint density at radius 3 is 1.51 bits per heavy atom. The van der Waals surface area contributed by atoms with Gasteiger partial charge in [0.1, 0.15) is 23.0 Å². The van der Waals surface area contributed by atoms with Gasteiger partial charge in [-0.3, -0.25) is 0 Å². The predicted molar refractivity (Wildman–Crippen MR) is 377 cm³/mol. The molecule has 4 aliphatic heterocycles. The first-order chi connectivity index (χ1) is 42.4. The molecule has 0 spiro atoms. The molecule has 0 aliphatic carbocycles. The Labute approximate surface area is 527 Å². The molecule has 0 atom stereocenters. The van der Waals surface area contributed by atoms with Gasteiger partial charge in [-0.05, 0) is 215 Å². The SMILES string of the molecule is CCCCc1cc(C)cc(N2c3cc(Oc4ccccc4)cc4c3B(c3cc5c(cc3N4c3ccccc3)Sc3cc(Oc4ccccc4)cc4c3B5c3c(CCCC)cc(C)cc3N4c3cc(C)cc(C(C)(C)C)c3)c3c2cc(C)cc3C(C)(C)C)c1. The third-order valence-corrected chi connectivity index (χ3v) is 19.6. The van der Waals surface area contributed by atoms with Gasteiger partial charge in [0.25, 0.3) is 6.71 Å². The normalized spacial score (nSPS) is 13.6. The molecule has 0 bridgehead atoms. The zero-order chi connectivity index (χ0) is 60.9. The van der Waals surface area contributed by atoms with E-state index < -0.39 is 0 Å². The van der Waals surface area contributed by atoms with Gasteiger partial charge in [-0.2, -0.15) is 0 Å². The molecule has 0 radical (unpaired) electrons. The lowest BCUT2D eigenvalue weighted by Gasteiger charge is -2.47. The molecule has 0 aromatic heterocycles. The van der Waals surface area contributed by atoms with Gasteiger partial charge in [0.15, 0.2) is 0 Å². The molecular formula is C80H79B2N3O2S. The van der Waals surface area contributed by atoms with Crippen molar-refractivity contribution in [2.45, 2.75) is 142 Å². The fourth-order valence-electron chi connectivity index (χ4n) is 14.6. The first kappa shape index (κ1) is 57.4. The van der Waals surface area contributed by atoms with Gasteiger partial charge in [-0.15, -0.1) is 0 Å². The Morgan fingerprint density at radius 1 is 0.386 bits per heavy atom. The van der Waals surface area contributed by atoms with Crippen LogP contribution >= 0.6 is 11.8 Å². The molecular weight excluding hydrogens is 1090 g/mol. The minimum absolute atomic E-state index is 0.0626. The van der Waals surface area contributed by atoms with E-state index in [1.165, 1.54) is 121 Å². The van der Waals surface area contributed by atoms with Crippen LogP contribution in [-0.4, -0.2) is 13.4 Å². The van der Waals surface area contributed by atoms with Gasteiger partial charge < -0.3 is 24.2 Å². The Hall–Kier alpha value is -8.32. The van der Waals surface area contributed by atoms with Crippen molar-refractivity contribution < 1.29 is 9.47 Å². The molecule has 4 heterocycles. The summed E-state index contributed by atoms with van der Waals surface area (Å²) in [5, 5.41) is 0. The van der Waals surface area contributed by atoms with Crippen LogP contribution in [0.15, 0.2) is 198 Å². The minimum Gasteiger partial charge on any atom is -0.457 e. The van der Waals surface area contributed by atoms with Gasteiger partial charge in [0, 0.05) is 79.2 Å². The van der Waals surface area contributed by atoms with E-state index in [1.54, 1.807) is 0 Å². The first-order valence-electron chi connectivity index (χ1n) is 32.1. The summed E-state index contributed by atoms with van der Waals surface area (Å²) < 4.78 is 14.1. The van der Waals surface area contributed by atoms with Crippen molar-refractivity contribution in [2.24, 2.45) is 0 Å². The van der Waals surface area contributed by atoms with E-state index in [2.05, 4.69) is 286 Å². The molecule has 10 aromatic rings. The van der Waals surface area contributed by atoms with E-state index in [9.17, 15) is 0 Å². The molecule has 4 aliphatic rings. The molecule has 5 nitrogen and oxygen atoms in total. The summed E-state index contributed by atoms with van der Waals surface area (Å²) in [6.07, 6.45) is 6.50. The largest absolute Gasteiger partial charge is 0.457 e. The van der Waals surface area contributed by atoms with Crippen LogP contribution in [0, 0.1) is 27.7 Å². The lowest BCUT2D eigenvalue weighted by Crippen LogP contribution is -2.65. The van der Waals surface area contributed by atoms with Crippen LogP contribution in [0.5, 0.6) is 23.0 Å². The van der Waals surface area contributed by atoms with Gasteiger partial charge >= 0.3 is 0 Å². The highest BCUT2D eigenvalue weighted by molar-refractivity contribution is 8.00. The molecule has 0 saturated heterocycles. The third-order valence-electron chi connectivity index (χ3n) is 18.5.